The third-order valence-electron chi connectivity index (χ3n) is 6.47. The number of hydrogen-bond donors (Lipinski definition) is 2. The number of β-amino-alcohol motifs (C(OH)–C–C–N with tert-alkyl or cyclic N) is 1. The highest BCUT2D eigenvalue weighted by atomic mass is 32.1. The number of ether oxygens (including phenoxy) is 1. The second-order valence-electron chi connectivity index (χ2n) is 9.28. The number of nitrogens with one attached hydrogen (secondary N) is 1. The number of nitrogens with zero attached hydrogens (tertiary/aromatic N) is 3. The highest BCUT2D eigenvalue weighted by Gasteiger charge is 2.28. The number of aliphatic hydroxyl groups is 1. The minimum absolute atomic E-state index is 0.0677. The number of aromatic nitrogens is 1. The molecule has 1 aromatic heterocycles. The van der Waals surface area contributed by atoms with Crippen LogP contribution in [0.4, 0.5) is 4.39 Å². The number of thiazole rings is 1. The molecule has 2 aliphatic heterocycles. The molecule has 1 saturated heterocycles. The van der Waals surface area contributed by atoms with Gasteiger partial charge in [-0.3, -0.25) is 20.1 Å². The Bertz CT molecular complexity index is 1190. The number of aliphatic hydroxyl groups excluding tert-OH is 1. The largest absolute Gasteiger partial charge is 0.491 e. The van der Waals surface area contributed by atoms with Gasteiger partial charge in [0.25, 0.3) is 0 Å². The molecular formula is C26H31FN4O3S. The fraction of sp³-hybridized carbons (Fsp3) is 0.423. The molecule has 0 aliphatic carbocycles. The Morgan fingerprint density at radius 1 is 1.26 bits per heavy atom. The van der Waals surface area contributed by atoms with Gasteiger partial charge in [-0.1, -0.05) is 0 Å². The molecule has 9 heteroatoms. The van der Waals surface area contributed by atoms with Gasteiger partial charge in [0, 0.05) is 44.8 Å². The molecule has 5 rings (SSSR count). The molecule has 2 N–H and O–H groups in total. The summed E-state index contributed by atoms with van der Waals surface area (Å²) >= 11 is 1.66. The van der Waals surface area contributed by atoms with Gasteiger partial charge in [-0.15, -0.1) is 11.3 Å². The van der Waals surface area contributed by atoms with Crippen molar-refractivity contribution in [1.82, 2.24) is 20.3 Å². The zero-order valence-electron chi connectivity index (χ0n) is 20.0. The normalized spacial score (nSPS) is 22.2. The third kappa shape index (κ3) is 5.99. The molecular weight excluding hydrogens is 467 g/mol. The second-order valence-corrected chi connectivity index (χ2v) is 10.5. The van der Waals surface area contributed by atoms with E-state index in [1.807, 2.05) is 25.1 Å². The lowest BCUT2D eigenvalue weighted by Gasteiger charge is -2.41. The zero-order chi connectivity index (χ0) is 24.4. The maximum Gasteiger partial charge on any atom is 0.123 e. The predicted octanol–water partition coefficient (Wildman–Crippen LogP) is 3.43. The summed E-state index contributed by atoms with van der Waals surface area (Å²) in [5.41, 5.74) is 5.68. The van der Waals surface area contributed by atoms with E-state index < -0.39 is 6.10 Å². The van der Waals surface area contributed by atoms with E-state index in [1.165, 1.54) is 12.1 Å². The van der Waals surface area contributed by atoms with Gasteiger partial charge in [0.05, 0.1) is 20.9 Å². The average Bonchev–Trinajstić information content (AvgIpc) is 3.45. The number of aryl methyl sites for hydroxylation is 1. The first-order valence-corrected chi connectivity index (χ1v) is 12.8. The molecule has 3 heterocycles. The number of fused-ring (bicyclic) bond motifs is 1. The van der Waals surface area contributed by atoms with Gasteiger partial charge < -0.3 is 9.84 Å². The van der Waals surface area contributed by atoms with Gasteiger partial charge in [-0.2, -0.15) is 0 Å². The van der Waals surface area contributed by atoms with Crippen molar-refractivity contribution in [1.29, 1.82) is 0 Å². The van der Waals surface area contributed by atoms with Crippen LogP contribution in [-0.2, 0) is 4.84 Å². The molecule has 3 aromatic rings. The molecule has 35 heavy (non-hydrogen) atoms. The summed E-state index contributed by atoms with van der Waals surface area (Å²) < 4.78 is 20.2. The molecule has 2 aromatic carbocycles. The number of hydroxylamine groups is 1. The van der Waals surface area contributed by atoms with E-state index in [9.17, 15) is 9.50 Å². The van der Waals surface area contributed by atoms with Crippen LogP contribution in [0, 0.1) is 12.7 Å². The van der Waals surface area contributed by atoms with Gasteiger partial charge in [0.1, 0.15) is 30.4 Å². The number of hydrogen-bond acceptors (Lipinski definition) is 8. The van der Waals surface area contributed by atoms with Gasteiger partial charge >= 0.3 is 0 Å². The van der Waals surface area contributed by atoms with Crippen molar-refractivity contribution in [3.05, 3.63) is 64.9 Å². The molecule has 3 atom stereocenters. The van der Waals surface area contributed by atoms with Crippen LogP contribution in [0.2, 0.25) is 0 Å². The average molecular weight is 499 g/mol. The molecule has 1 fully saturated rings. The van der Waals surface area contributed by atoms with Crippen LogP contribution in [-0.4, -0.2) is 77.5 Å². The topological polar surface area (TPSA) is 70.1 Å². The van der Waals surface area contributed by atoms with Gasteiger partial charge in [0.15, 0.2) is 0 Å². The van der Waals surface area contributed by atoms with Crippen LogP contribution in [0.15, 0.2) is 48.5 Å². The predicted molar refractivity (Wildman–Crippen MR) is 136 cm³/mol. The first-order valence-electron chi connectivity index (χ1n) is 12.0. The number of rotatable bonds is 8. The molecule has 0 amide bonds. The van der Waals surface area contributed by atoms with E-state index in [-0.39, 0.29) is 18.5 Å². The molecule has 1 unspecified atom stereocenters. The van der Waals surface area contributed by atoms with E-state index in [0.29, 0.717) is 12.6 Å². The van der Waals surface area contributed by atoms with Crippen molar-refractivity contribution in [3.63, 3.8) is 0 Å². The van der Waals surface area contributed by atoms with Crippen molar-refractivity contribution in [2.24, 2.45) is 0 Å². The van der Waals surface area contributed by atoms with Crippen molar-refractivity contribution < 1.29 is 19.1 Å². The van der Waals surface area contributed by atoms with E-state index >= 15 is 0 Å². The second kappa shape index (κ2) is 10.6. The summed E-state index contributed by atoms with van der Waals surface area (Å²) in [6.07, 6.45) is 1.42. The molecule has 7 nitrogen and oxygen atoms in total. The van der Waals surface area contributed by atoms with Gasteiger partial charge in [-0.05, 0) is 61.9 Å². The molecule has 0 bridgehead atoms. The molecule has 0 saturated carbocycles. The lowest BCUT2D eigenvalue weighted by Crippen LogP contribution is -2.55. The maximum atomic E-state index is 13.2. The van der Waals surface area contributed by atoms with E-state index in [2.05, 4.69) is 33.3 Å². The zero-order valence-corrected chi connectivity index (χ0v) is 20.8. The Balaban J connectivity index is 1.07. The number of benzene rings is 2. The molecule has 0 radical (unpaired) electrons. The first-order chi connectivity index (χ1) is 16.9. The Labute approximate surface area is 208 Å². The number of halogens is 1. The Hall–Kier alpha value is -2.56. The minimum Gasteiger partial charge on any atom is -0.491 e. The Kier molecular flexibility index (Phi) is 7.31. The van der Waals surface area contributed by atoms with E-state index in [1.54, 1.807) is 23.5 Å². The van der Waals surface area contributed by atoms with Crippen molar-refractivity contribution in [2.75, 3.05) is 39.3 Å². The molecule has 186 valence electrons. The van der Waals surface area contributed by atoms with Crippen LogP contribution in [0.5, 0.6) is 5.75 Å². The SMILES string of the molecule is Cc1nc2cc(OC[C@@H](O)CN3CCN(C[C@H]4C=C(c5ccc(F)cc5)NO4)C(C)C3)ccc2s1. The lowest BCUT2D eigenvalue weighted by molar-refractivity contribution is -0.00924. The number of piperazine rings is 1. The van der Waals surface area contributed by atoms with Crippen LogP contribution < -0.4 is 10.2 Å². The van der Waals surface area contributed by atoms with Gasteiger partial charge in [-0.25, -0.2) is 9.37 Å². The fourth-order valence-electron chi connectivity index (χ4n) is 4.66. The van der Waals surface area contributed by atoms with E-state index in [4.69, 9.17) is 9.57 Å². The van der Waals surface area contributed by atoms with Crippen LogP contribution >= 0.6 is 11.3 Å². The summed E-state index contributed by atoms with van der Waals surface area (Å²) in [7, 11) is 0. The maximum absolute atomic E-state index is 13.2. The fourth-order valence-corrected chi connectivity index (χ4v) is 5.47. The highest BCUT2D eigenvalue weighted by molar-refractivity contribution is 7.18. The Morgan fingerprint density at radius 3 is 2.89 bits per heavy atom. The smallest absolute Gasteiger partial charge is 0.123 e. The van der Waals surface area contributed by atoms with Crippen LogP contribution in [0.3, 0.4) is 0 Å². The van der Waals surface area contributed by atoms with Crippen LogP contribution in [0.25, 0.3) is 15.9 Å². The van der Waals surface area contributed by atoms with Crippen molar-refractivity contribution in [2.45, 2.75) is 32.1 Å². The van der Waals surface area contributed by atoms with Crippen molar-refractivity contribution in [3.8, 4) is 5.75 Å². The summed E-state index contributed by atoms with van der Waals surface area (Å²) in [5.74, 6) is 0.485. The molecule has 2 aliphatic rings. The summed E-state index contributed by atoms with van der Waals surface area (Å²) in [4.78, 5) is 14.9. The minimum atomic E-state index is -0.565. The van der Waals surface area contributed by atoms with Crippen molar-refractivity contribution >= 4 is 27.3 Å². The van der Waals surface area contributed by atoms with E-state index in [0.717, 1.165) is 58.4 Å². The Morgan fingerprint density at radius 2 is 2.09 bits per heavy atom. The lowest BCUT2D eigenvalue weighted by atomic mass is 10.1. The monoisotopic (exact) mass is 498 g/mol. The summed E-state index contributed by atoms with van der Waals surface area (Å²) in [5, 5.41) is 11.6. The first kappa shape index (κ1) is 24.1. The summed E-state index contributed by atoms with van der Waals surface area (Å²) in [6, 6.07) is 12.6. The van der Waals surface area contributed by atoms with Crippen LogP contribution in [0.1, 0.15) is 17.5 Å². The third-order valence-corrected chi connectivity index (χ3v) is 7.42. The van der Waals surface area contributed by atoms with Gasteiger partial charge in [0.2, 0.25) is 0 Å². The quantitative estimate of drug-likeness (QED) is 0.493. The molecule has 0 spiro atoms. The standard InChI is InChI=1S/C26H31FN4O3S/c1-17-13-30(14-21(32)16-33-22-7-8-26-25(11-22)28-18(2)35-26)9-10-31(17)15-23-12-24(29-34-23)19-3-5-20(27)6-4-19/h3-8,11-12,17,21,23,29,32H,9-10,13-16H2,1-2H3/t17?,21-,23+/m0/s1. The summed E-state index contributed by atoms with van der Waals surface area (Å²) in [6.45, 7) is 8.44. The highest BCUT2D eigenvalue weighted by Crippen LogP contribution is 2.26.